The van der Waals surface area contributed by atoms with Crippen molar-refractivity contribution in [2.75, 3.05) is 4.90 Å². The average molecular weight is 446 g/mol. The zero-order valence-electron chi connectivity index (χ0n) is 16.2. The molecule has 0 radical (unpaired) electrons. The summed E-state index contributed by atoms with van der Waals surface area (Å²) in [6.45, 7) is -0.0863. The van der Waals surface area contributed by atoms with Crippen molar-refractivity contribution in [1.82, 2.24) is 10.2 Å². The summed E-state index contributed by atoms with van der Waals surface area (Å²) >= 11 is 7.58. The number of ether oxygens (including phenoxy) is 1. The van der Waals surface area contributed by atoms with Gasteiger partial charge in [0.25, 0.3) is 0 Å². The van der Waals surface area contributed by atoms with Crippen LogP contribution in [0.1, 0.15) is 30.7 Å². The number of aromatic nitrogens is 2. The third kappa shape index (κ3) is 3.77. The van der Waals surface area contributed by atoms with Crippen LogP contribution < -0.4 is 9.64 Å². The number of anilines is 1. The molecule has 0 amide bonds. The fraction of sp³-hybridized carbons (Fsp3) is 0.364. The summed E-state index contributed by atoms with van der Waals surface area (Å²) in [4.78, 5) is 2.50. The van der Waals surface area contributed by atoms with Crippen LogP contribution in [-0.4, -0.2) is 33.5 Å². The van der Waals surface area contributed by atoms with Crippen LogP contribution in [0.5, 0.6) is 5.75 Å². The van der Waals surface area contributed by atoms with E-state index in [1.165, 1.54) is 29.2 Å². The summed E-state index contributed by atoms with van der Waals surface area (Å²) in [5.74, 6) is 0.0922. The van der Waals surface area contributed by atoms with Crippen LogP contribution in [0.3, 0.4) is 0 Å². The summed E-state index contributed by atoms with van der Waals surface area (Å²) < 4.78 is 19.6. The van der Waals surface area contributed by atoms with E-state index in [4.69, 9.17) is 16.3 Å². The monoisotopic (exact) mass is 445 g/mol. The number of benzene rings is 2. The molecule has 2 fully saturated rings. The van der Waals surface area contributed by atoms with Gasteiger partial charge in [0.2, 0.25) is 0 Å². The van der Waals surface area contributed by atoms with Crippen LogP contribution in [0.2, 0.25) is 5.02 Å². The summed E-state index contributed by atoms with van der Waals surface area (Å²) in [6, 6.07) is 13.4. The minimum Gasteiger partial charge on any atom is -0.489 e. The SMILES string of the molecule is OCc1nnc(-c2ccc(N3C4CCC3CC(Oc3cc(F)ccc3Cl)C4)cc2)s1. The molecule has 0 aliphatic carbocycles. The lowest BCUT2D eigenvalue weighted by molar-refractivity contribution is 0.150. The van der Waals surface area contributed by atoms with Crippen molar-refractivity contribution in [2.24, 2.45) is 0 Å². The number of halogens is 2. The largest absolute Gasteiger partial charge is 0.489 e. The van der Waals surface area contributed by atoms with Gasteiger partial charge in [0.1, 0.15) is 27.7 Å². The van der Waals surface area contributed by atoms with Gasteiger partial charge in [0.05, 0.1) is 11.6 Å². The van der Waals surface area contributed by atoms with Crippen molar-refractivity contribution in [3.05, 3.63) is 58.3 Å². The van der Waals surface area contributed by atoms with Gasteiger partial charge < -0.3 is 14.7 Å². The van der Waals surface area contributed by atoms with Crippen LogP contribution in [0.15, 0.2) is 42.5 Å². The van der Waals surface area contributed by atoms with Crippen molar-refractivity contribution in [2.45, 2.75) is 50.5 Å². The lowest BCUT2D eigenvalue weighted by atomic mass is 9.98. The van der Waals surface area contributed by atoms with E-state index in [2.05, 4.69) is 39.4 Å². The maximum atomic E-state index is 13.6. The predicted octanol–water partition coefficient (Wildman–Crippen LogP) is 5.07. The molecule has 30 heavy (non-hydrogen) atoms. The molecule has 1 aromatic heterocycles. The van der Waals surface area contributed by atoms with E-state index in [9.17, 15) is 9.50 Å². The summed E-state index contributed by atoms with van der Waals surface area (Å²) in [7, 11) is 0. The molecule has 8 heteroatoms. The lowest BCUT2D eigenvalue weighted by Crippen LogP contribution is -2.46. The Morgan fingerprint density at radius 3 is 2.50 bits per heavy atom. The Hall–Kier alpha value is -2.22. The fourth-order valence-electron chi connectivity index (χ4n) is 4.60. The topological polar surface area (TPSA) is 58.5 Å². The third-order valence-electron chi connectivity index (χ3n) is 5.89. The van der Waals surface area contributed by atoms with Gasteiger partial charge in [0, 0.05) is 42.2 Å². The van der Waals surface area contributed by atoms with E-state index in [1.807, 2.05) is 0 Å². The second-order valence-corrected chi connectivity index (χ2v) is 9.25. The lowest BCUT2D eigenvalue weighted by Gasteiger charge is -2.40. The molecule has 5 rings (SSSR count). The van der Waals surface area contributed by atoms with Crippen molar-refractivity contribution < 1.29 is 14.2 Å². The molecule has 0 spiro atoms. The molecule has 2 saturated heterocycles. The standard InChI is InChI=1S/C22H21ClFN3O2S/c23-19-8-3-14(24)9-20(19)29-18-10-16-6-7-17(11-18)27(16)15-4-1-13(2-5-15)22-26-25-21(12-28)30-22/h1-5,8-9,16-18,28H,6-7,10-12H2. The zero-order valence-corrected chi connectivity index (χ0v) is 17.7. The number of rotatable bonds is 5. The van der Waals surface area contributed by atoms with Gasteiger partial charge in [-0.2, -0.15) is 0 Å². The Labute approximate surface area is 183 Å². The molecule has 0 saturated carbocycles. The molecule has 2 aromatic carbocycles. The highest BCUT2D eigenvalue weighted by atomic mass is 35.5. The number of aliphatic hydroxyl groups is 1. The molecule has 2 bridgehead atoms. The van der Waals surface area contributed by atoms with Gasteiger partial charge in [-0.15, -0.1) is 10.2 Å². The van der Waals surface area contributed by atoms with E-state index >= 15 is 0 Å². The summed E-state index contributed by atoms with van der Waals surface area (Å²) in [5, 5.41) is 19.2. The van der Waals surface area contributed by atoms with E-state index in [0.717, 1.165) is 36.3 Å². The van der Waals surface area contributed by atoms with E-state index in [0.29, 0.717) is 27.9 Å². The fourth-order valence-corrected chi connectivity index (χ4v) is 5.47. The number of aliphatic hydroxyl groups excluding tert-OH is 1. The predicted molar refractivity (Wildman–Crippen MR) is 116 cm³/mol. The average Bonchev–Trinajstić information content (AvgIpc) is 3.33. The molecule has 2 atom stereocenters. The molecule has 2 aliphatic rings. The van der Waals surface area contributed by atoms with Gasteiger partial charge in [-0.25, -0.2) is 4.39 Å². The van der Waals surface area contributed by atoms with Gasteiger partial charge in [0.15, 0.2) is 0 Å². The quantitative estimate of drug-likeness (QED) is 0.594. The molecule has 3 heterocycles. The van der Waals surface area contributed by atoms with Crippen molar-refractivity contribution in [3.8, 4) is 16.3 Å². The van der Waals surface area contributed by atoms with E-state index in [-0.39, 0.29) is 18.5 Å². The second-order valence-electron chi connectivity index (χ2n) is 7.78. The van der Waals surface area contributed by atoms with Gasteiger partial charge in [-0.1, -0.05) is 22.9 Å². The number of hydrogen-bond donors (Lipinski definition) is 1. The van der Waals surface area contributed by atoms with Gasteiger partial charge >= 0.3 is 0 Å². The maximum absolute atomic E-state index is 13.6. The minimum atomic E-state index is -0.337. The highest BCUT2D eigenvalue weighted by molar-refractivity contribution is 7.14. The molecule has 2 unspecified atom stereocenters. The highest BCUT2D eigenvalue weighted by Gasteiger charge is 2.41. The second kappa shape index (κ2) is 8.13. The molecule has 1 N–H and O–H groups in total. The Bertz CT molecular complexity index is 1030. The number of piperidine rings is 1. The smallest absolute Gasteiger partial charge is 0.147 e. The first-order chi connectivity index (χ1) is 14.6. The number of nitrogens with zero attached hydrogens (tertiary/aromatic N) is 3. The Morgan fingerprint density at radius 1 is 1.10 bits per heavy atom. The van der Waals surface area contributed by atoms with Gasteiger partial charge in [-0.3, -0.25) is 0 Å². The molecular weight excluding hydrogens is 425 g/mol. The molecule has 5 nitrogen and oxygen atoms in total. The van der Waals surface area contributed by atoms with E-state index in [1.54, 1.807) is 6.07 Å². The number of hydrogen-bond acceptors (Lipinski definition) is 6. The normalized spacial score (nSPS) is 23.0. The maximum Gasteiger partial charge on any atom is 0.147 e. The van der Waals surface area contributed by atoms with Crippen LogP contribution in [0.4, 0.5) is 10.1 Å². The highest BCUT2D eigenvalue weighted by Crippen LogP contribution is 2.41. The molecule has 2 aliphatic heterocycles. The van der Waals surface area contributed by atoms with Crippen LogP contribution in [0.25, 0.3) is 10.6 Å². The summed E-state index contributed by atoms with van der Waals surface area (Å²) in [5.41, 5.74) is 2.20. The summed E-state index contributed by atoms with van der Waals surface area (Å²) in [6.07, 6.45) is 4.07. The van der Waals surface area contributed by atoms with Crippen LogP contribution >= 0.6 is 22.9 Å². The molecule has 156 valence electrons. The third-order valence-corrected chi connectivity index (χ3v) is 7.16. The van der Waals surface area contributed by atoms with Gasteiger partial charge in [-0.05, 0) is 49.2 Å². The molecular formula is C22H21ClFN3O2S. The van der Waals surface area contributed by atoms with Crippen molar-refractivity contribution >= 4 is 28.6 Å². The van der Waals surface area contributed by atoms with Crippen molar-refractivity contribution in [3.63, 3.8) is 0 Å². The minimum absolute atomic E-state index is 0.0376. The van der Waals surface area contributed by atoms with E-state index < -0.39 is 0 Å². The van der Waals surface area contributed by atoms with Crippen LogP contribution in [0, 0.1) is 5.82 Å². The Balaban J connectivity index is 1.30. The Kier molecular flexibility index (Phi) is 5.35. The zero-order chi connectivity index (χ0) is 20.7. The first-order valence-electron chi connectivity index (χ1n) is 10.0. The first kappa shape index (κ1) is 19.7. The van der Waals surface area contributed by atoms with Crippen molar-refractivity contribution in [1.29, 1.82) is 0 Å². The van der Waals surface area contributed by atoms with Crippen LogP contribution in [-0.2, 0) is 6.61 Å². The number of fused-ring (bicyclic) bond motifs is 2. The first-order valence-corrected chi connectivity index (χ1v) is 11.2. The molecule has 3 aromatic rings. The Morgan fingerprint density at radius 2 is 1.83 bits per heavy atom.